The molecule has 0 aliphatic rings. The third-order valence-electron chi connectivity index (χ3n) is 5.69. The van der Waals surface area contributed by atoms with Gasteiger partial charge < -0.3 is 19.2 Å². The first-order valence-corrected chi connectivity index (χ1v) is 10.8. The molecule has 0 bridgehead atoms. The summed E-state index contributed by atoms with van der Waals surface area (Å²) in [4.78, 5) is 24.6. The fraction of sp³-hybridized carbons (Fsp3) is 0.520. The van der Waals surface area contributed by atoms with Gasteiger partial charge in [-0.2, -0.15) is 0 Å². The Hall–Kier alpha value is -2.76. The zero-order chi connectivity index (χ0) is 23.2. The summed E-state index contributed by atoms with van der Waals surface area (Å²) >= 11 is 0. The highest BCUT2D eigenvalue weighted by Gasteiger charge is 2.25. The summed E-state index contributed by atoms with van der Waals surface area (Å²) in [6, 6.07) is 8.90. The molecule has 1 heterocycles. The minimum atomic E-state index is -0.709. The minimum Gasteiger partial charge on any atom is -0.496 e. The first-order valence-electron chi connectivity index (χ1n) is 10.8. The van der Waals surface area contributed by atoms with Gasteiger partial charge in [0.2, 0.25) is 0 Å². The van der Waals surface area contributed by atoms with Crippen LogP contribution >= 0.6 is 0 Å². The summed E-state index contributed by atoms with van der Waals surface area (Å²) in [5.41, 5.74) is 2.27. The predicted octanol–water partition coefficient (Wildman–Crippen LogP) is 4.88. The molecule has 1 N–H and O–H groups in total. The fourth-order valence-corrected chi connectivity index (χ4v) is 3.38. The molecule has 1 aromatic carbocycles. The molecule has 0 aliphatic heterocycles. The third kappa shape index (κ3) is 6.36. The van der Waals surface area contributed by atoms with Crippen molar-refractivity contribution >= 4 is 11.9 Å². The van der Waals surface area contributed by atoms with Crippen molar-refractivity contribution in [3.05, 3.63) is 53.0 Å². The predicted molar refractivity (Wildman–Crippen MR) is 121 cm³/mol. The van der Waals surface area contributed by atoms with Gasteiger partial charge in [0.1, 0.15) is 17.6 Å². The van der Waals surface area contributed by atoms with E-state index in [1.165, 1.54) is 12.7 Å². The second-order valence-electron chi connectivity index (χ2n) is 8.89. The number of furan rings is 1. The van der Waals surface area contributed by atoms with E-state index in [-0.39, 0.29) is 17.1 Å². The minimum absolute atomic E-state index is 0.0501. The molecule has 2 aromatic rings. The smallest absolute Gasteiger partial charge is 0.328 e. The van der Waals surface area contributed by atoms with E-state index in [4.69, 9.17) is 13.9 Å². The molecule has 0 saturated heterocycles. The lowest BCUT2D eigenvalue weighted by Gasteiger charge is -2.24. The van der Waals surface area contributed by atoms with E-state index in [9.17, 15) is 9.59 Å². The highest BCUT2D eigenvalue weighted by Crippen LogP contribution is 2.32. The lowest BCUT2D eigenvalue weighted by molar-refractivity contribution is -0.143. The molecule has 0 aliphatic carbocycles. The van der Waals surface area contributed by atoms with E-state index in [1.54, 1.807) is 19.2 Å². The number of carbonyl (C=O) groups is 2. The van der Waals surface area contributed by atoms with Gasteiger partial charge in [-0.25, -0.2) is 4.79 Å². The Morgan fingerprint density at radius 3 is 2.42 bits per heavy atom. The molecular formula is C25H35NO5. The second kappa shape index (κ2) is 10.5. The fourth-order valence-electron chi connectivity index (χ4n) is 3.38. The largest absolute Gasteiger partial charge is 0.496 e. The highest BCUT2D eigenvalue weighted by atomic mass is 16.5. The number of nitrogens with one attached hydrogen (secondary N) is 1. The molecule has 1 amide bonds. The van der Waals surface area contributed by atoms with Crippen LogP contribution in [0.5, 0.6) is 5.75 Å². The Morgan fingerprint density at radius 1 is 1.13 bits per heavy atom. The van der Waals surface area contributed by atoms with Gasteiger partial charge in [0.25, 0.3) is 5.91 Å². The van der Waals surface area contributed by atoms with Gasteiger partial charge in [-0.15, -0.1) is 0 Å². The van der Waals surface area contributed by atoms with Gasteiger partial charge in [0, 0.05) is 12.0 Å². The van der Waals surface area contributed by atoms with E-state index in [1.807, 2.05) is 19.9 Å². The molecule has 0 spiro atoms. The zero-order valence-corrected chi connectivity index (χ0v) is 19.7. The summed E-state index contributed by atoms with van der Waals surface area (Å²) < 4.78 is 16.1. The number of benzene rings is 1. The number of esters is 1. The lowest BCUT2D eigenvalue weighted by Crippen LogP contribution is -2.42. The topological polar surface area (TPSA) is 77.8 Å². The number of methoxy groups -OCH3 is 2. The average molecular weight is 430 g/mol. The number of rotatable bonds is 10. The molecular weight excluding hydrogens is 394 g/mol. The van der Waals surface area contributed by atoms with Crippen LogP contribution in [0.1, 0.15) is 74.9 Å². The van der Waals surface area contributed by atoms with E-state index in [2.05, 4.69) is 38.2 Å². The zero-order valence-electron chi connectivity index (χ0n) is 19.7. The quantitative estimate of drug-likeness (QED) is 0.545. The first-order chi connectivity index (χ1) is 14.6. The first kappa shape index (κ1) is 24.5. The molecule has 2 rings (SSSR count). The molecule has 0 radical (unpaired) electrons. The Labute approximate surface area is 185 Å². The summed E-state index contributed by atoms with van der Waals surface area (Å²) in [7, 11) is 2.96. The Balaban J connectivity index is 2.20. The van der Waals surface area contributed by atoms with Crippen LogP contribution in [0.3, 0.4) is 0 Å². The molecule has 0 fully saturated rings. The van der Waals surface area contributed by atoms with Crippen molar-refractivity contribution in [1.82, 2.24) is 5.32 Å². The number of hydrogen-bond donors (Lipinski definition) is 1. The van der Waals surface area contributed by atoms with Crippen molar-refractivity contribution in [2.45, 2.75) is 65.3 Å². The van der Waals surface area contributed by atoms with Gasteiger partial charge in [0.05, 0.1) is 14.2 Å². The van der Waals surface area contributed by atoms with Crippen molar-refractivity contribution in [1.29, 1.82) is 0 Å². The molecule has 6 nitrogen and oxygen atoms in total. The van der Waals surface area contributed by atoms with Crippen LogP contribution < -0.4 is 10.1 Å². The normalized spacial score (nSPS) is 12.5. The van der Waals surface area contributed by atoms with Crippen molar-refractivity contribution in [2.24, 2.45) is 5.92 Å². The summed E-state index contributed by atoms with van der Waals surface area (Å²) in [6.07, 6.45) is 2.00. The highest BCUT2D eigenvalue weighted by molar-refractivity contribution is 5.94. The molecule has 31 heavy (non-hydrogen) atoms. The summed E-state index contributed by atoms with van der Waals surface area (Å²) in [5.74, 6) is 0.915. The van der Waals surface area contributed by atoms with Crippen molar-refractivity contribution in [2.75, 3.05) is 14.2 Å². The van der Waals surface area contributed by atoms with Crippen LogP contribution in [-0.4, -0.2) is 32.1 Å². The van der Waals surface area contributed by atoms with E-state index in [0.29, 0.717) is 18.6 Å². The van der Waals surface area contributed by atoms with Crippen molar-refractivity contribution < 1.29 is 23.5 Å². The average Bonchev–Trinajstić information content (AvgIpc) is 3.20. The molecule has 170 valence electrons. The van der Waals surface area contributed by atoms with Gasteiger partial charge >= 0.3 is 5.97 Å². The van der Waals surface area contributed by atoms with Crippen LogP contribution in [0.4, 0.5) is 0 Å². The maximum atomic E-state index is 12.6. The van der Waals surface area contributed by atoms with Crippen LogP contribution in [0.25, 0.3) is 0 Å². The van der Waals surface area contributed by atoms with Crippen LogP contribution in [0.15, 0.2) is 34.7 Å². The standard InChI is InChI=1S/C25H35NO5/c1-8-25(4,5)18-9-11-21(29-6)17(14-18)15-19-10-12-22(31-19)23(27)26-20(13-16(2)3)24(28)30-7/h9-12,14,16,20H,8,13,15H2,1-7H3,(H,26,27). The number of ether oxygens (including phenoxy) is 2. The van der Waals surface area contributed by atoms with Crippen molar-refractivity contribution in [3.63, 3.8) is 0 Å². The van der Waals surface area contributed by atoms with Gasteiger partial charge in [0.15, 0.2) is 5.76 Å². The molecule has 1 atom stereocenters. The second-order valence-corrected chi connectivity index (χ2v) is 8.89. The molecule has 1 aromatic heterocycles. The van der Waals surface area contributed by atoms with Crippen LogP contribution in [0.2, 0.25) is 0 Å². The van der Waals surface area contributed by atoms with Gasteiger partial charge in [-0.3, -0.25) is 4.79 Å². The van der Waals surface area contributed by atoms with Gasteiger partial charge in [-0.05, 0) is 47.9 Å². The maximum absolute atomic E-state index is 12.6. The molecule has 6 heteroatoms. The Bertz CT molecular complexity index is 897. The van der Waals surface area contributed by atoms with Crippen LogP contribution in [0, 0.1) is 5.92 Å². The van der Waals surface area contributed by atoms with E-state index >= 15 is 0 Å². The lowest BCUT2D eigenvalue weighted by atomic mass is 9.81. The third-order valence-corrected chi connectivity index (χ3v) is 5.69. The van der Waals surface area contributed by atoms with E-state index < -0.39 is 17.9 Å². The maximum Gasteiger partial charge on any atom is 0.328 e. The number of carbonyl (C=O) groups excluding carboxylic acids is 2. The van der Waals surface area contributed by atoms with E-state index in [0.717, 1.165) is 17.7 Å². The van der Waals surface area contributed by atoms with Crippen molar-refractivity contribution in [3.8, 4) is 5.75 Å². The summed E-state index contributed by atoms with van der Waals surface area (Å²) in [5, 5.41) is 2.72. The monoisotopic (exact) mass is 429 g/mol. The molecule has 1 unspecified atom stereocenters. The SMILES string of the molecule is CCC(C)(C)c1ccc(OC)c(Cc2ccc(C(=O)NC(CC(C)C)C(=O)OC)o2)c1. The Morgan fingerprint density at radius 2 is 1.84 bits per heavy atom. The summed E-state index contributed by atoms with van der Waals surface area (Å²) in [6.45, 7) is 10.6. The van der Waals surface area contributed by atoms with Gasteiger partial charge in [-0.1, -0.05) is 46.8 Å². The number of amides is 1. The molecule has 0 saturated carbocycles. The number of hydrogen-bond acceptors (Lipinski definition) is 5. The van der Waals surface area contributed by atoms with Crippen LogP contribution in [-0.2, 0) is 21.4 Å². The Kier molecular flexibility index (Phi) is 8.31.